The first-order valence-corrected chi connectivity index (χ1v) is 6.02. The van der Waals surface area contributed by atoms with Crippen LogP contribution >= 0.6 is 0 Å². The monoisotopic (exact) mass is 217 g/mol. The van der Waals surface area contributed by atoms with Crippen LogP contribution in [-0.2, 0) is 9.53 Å². The SMILES string of the molecule is CC.CCCOCCC(C)CCC(N)=O. The minimum Gasteiger partial charge on any atom is -0.381 e. The molecule has 0 heterocycles. The number of hydrogen-bond donors (Lipinski definition) is 1. The number of nitrogens with two attached hydrogens (primary N) is 1. The lowest BCUT2D eigenvalue weighted by molar-refractivity contribution is -0.118. The normalized spacial score (nSPS) is 11.5. The molecule has 0 aromatic rings. The fourth-order valence-electron chi connectivity index (χ4n) is 1.06. The summed E-state index contributed by atoms with van der Waals surface area (Å²) in [5.41, 5.74) is 5.05. The molecular weight excluding hydrogens is 190 g/mol. The van der Waals surface area contributed by atoms with Crippen LogP contribution in [0.4, 0.5) is 0 Å². The van der Waals surface area contributed by atoms with Gasteiger partial charge >= 0.3 is 0 Å². The van der Waals surface area contributed by atoms with Gasteiger partial charge < -0.3 is 10.5 Å². The average Bonchev–Trinajstić information content (AvgIpc) is 2.24. The van der Waals surface area contributed by atoms with E-state index in [4.69, 9.17) is 10.5 Å². The number of amides is 1. The zero-order valence-corrected chi connectivity index (χ0v) is 10.7. The van der Waals surface area contributed by atoms with E-state index >= 15 is 0 Å². The highest BCUT2D eigenvalue weighted by Gasteiger charge is 2.03. The lowest BCUT2D eigenvalue weighted by Gasteiger charge is -2.09. The van der Waals surface area contributed by atoms with Crippen molar-refractivity contribution in [1.82, 2.24) is 0 Å². The number of hydrogen-bond acceptors (Lipinski definition) is 2. The van der Waals surface area contributed by atoms with Crippen LogP contribution < -0.4 is 5.73 Å². The molecule has 2 N–H and O–H groups in total. The summed E-state index contributed by atoms with van der Waals surface area (Å²) in [7, 11) is 0. The molecule has 0 aliphatic heterocycles. The summed E-state index contributed by atoms with van der Waals surface area (Å²) in [5.74, 6) is 0.325. The molecule has 0 radical (unpaired) electrons. The molecule has 0 saturated carbocycles. The van der Waals surface area contributed by atoms with Crippen LogP contribution in [0.1, 0.15) is 53.4 Å². The minimum atomic E-state index is -0.207. The van der Waals surface area contributed by atoms with Gasteiger partial charge in [-0.2, -0.15) is 0 Å². The van der Waals surface area contributed by atoms with Crippen molar-refractivity contribution >= 4 is 5.91 Å². The Morgan fingerprint density at radius 3 is 2.33 bits per heavy atom. The topological polar surface area (TPSA) is 52.3 Å². The van der Waals surface area contributed by atoms with Crippen molar-refractivity contribution in [3.05, 3.63) is 0 Å². The molecule has 3 nitrogen and oxygen atoms in total. The molecule has 0 rings (SSSR count). The zero-order valence-electron chi connectivity index (χ0n) is 10.7. The molecule has 0 aromatic carbocycles. The van der Waals surface area contributed by atoms with Gasteiger partial charge in [0.2, 0.25) is 5.91 Å². The molecule has 1 amide bonds. The van der Waals surface area contributed by atoms with Gasteiger partial charge in [0.15, 0.2) is 0 Å². The standard InChI is InChI=1S/C10H21NO2.C2H6/c1-3-7-13-8-6-9(2)4-5-10(11)12;1-2/h9H,3-8H2,1-2H3,(H2,11,12);1-2H3. The van der Waals surface area contributed by atoms with Crippen LogP contribution in [0.5, 0.6) is 0 Å². The minimum absolute atomic E-state index is 0.207. The molecule has 1 unspecified atom stereocenters. The Kier molecular flexibility index (Phi) is 15.1. The Morgan fingerprint density at radius 1 is 1.27 bits per heavy atom. The van der Waals surface area contributed by atoms with Gasteiger partial charge in [0.25, 0.3) is 0 Å². The first-order valence-electron chi connectivity index (χ1n) is 6.02. The quantitative estimate of drug-likeness (QED) is 0.636. The largest absolute Gasteiger partial charge is 0.381 e. The second-order valence-corrected chi connectivity index (χ2v) is 3.51. The van der Waals surface area contributed by atoms with Crippen LogP contribution in [0.25, 0.3) is 0 Å². The van der Waals surface area contributed by atoms with Gasteiger partial charge in [0.05, 0.1) is 0 Å². The highest BCUT2D eigenvalue weighted by molar-refractivity contribution is 5.73. The maximum atomic E-state index is 10.5. The number of ether oxygens (including phenoxy) is 1. The Bertz CT molecular complexity index is 138. The Labute approximate surface area is 94.4 Å². The van der Waals surface area contributed by atoms with E-state index in [1.165, 1.54) is 0 Å². The zero-order chi connectivity index (χ0) is 12.1. The molecule has 15 heavy (non-hydrogen) atoms. The molecule has 0 aromatic heterocycles. The molecule has 0 bridgehead atoms. The summed E-state index contributed by atoms with van der Waals surface area (Å²) in [5, 5.41) is 0. The molecule has 1 atom stereocenters. The molecule has 0 aliphatic rings. The fraction of sp³-hybridized carbons (Fsp3) is 0.917. The molecule has 3 heteroatoms. The average molecular weight is 217 g/mol. The number of carbonyl (C=O) groups excluding carboxylic acids is 1. The highest BCUT2D eigenvalue weighted by Crippen LogP contribution is 2.09. The predicted molar refractivity (Wildman–Crippen MR) is 64.7 cm³/mol. The van der Waals surface area contributed by atoms with Crippen LogP contribution in [0, 0.1) is 5.92 Å². The van der Waals surface area contributed by atoms with E-state index in [-0.39, 0.29) is 5.91 Å². The molecule has 0 saturated heterocycles. The third-order valence-corrected chi connectivity index (χ3v) is 1.99. The molecule has 0 spiro atoms. The highest BCUT2D eigenvalue weighted by atomic mass is 16.5. The lowest BCUT2D eigenvalue weighted by atomic mass is 10.0. The maximum absolute atomic E-state index is 10.5. The van der Waals surface area contributed by atoms with Gasteiger partial charge in [-0.1, -0.05) is 27.7 Å². The van der Waals surface area contributed by atoms with Gasteiger partial charge in [-0.05, 0) is 25.2 Å². The van der Waals surface area contributed by atoms with Crippen molar-refractivity contribution in [1.29, 1.82) is 0 Å². The third-order valence-electron chi connectivity index (χ3n) is 1.99. The van der Waals surface area contributed by atoms with E-state index in [1.54, 1.807) is 0 Å². The molecule has 0 aliphatic carbocycles. The van der Waals surface area contributed by atoms with Crippen LogP contribution in [0.15, 0.2) is 0 Å². The number of rotatable bonds is 8. The van der Waals surface area contributed by atoms with E-state index in [9.17, 15) is 4.79 Å². The first-order chi connectivity index (χ1) is 7.16. The van der Waals surface area contributed by atoms with Crippen molar-refractivity contribution in [3.63, 3.8) is 0 Å². The van der Waals surface area contributed by atoms with Gasteiger partial charge in [-0.3, -0.25) is 4.79 Å². The van der Waals surface area contributed by atoms with Crippen molar-refractivity contribution < 1.29 is 9.53 Å². The molecule has 92 valence electrons. The summed E-state index contributed by atoms with van der Waals surface area (Å²) in [6.45, 7) is 9.85. The van der Waals surface area contributed by atoms with E-state index in [2.05, 4.69) is 13.8 Å². The maximum Gasteiger partial charge on any atom is 0.217 e. The van der Waals surface area contributed by atoms with Gasteiger partial charge in [0.1, 0.15) is 0 Å². The van der Waals surface area contributed by atoms with E-state index in [0.717, 1.165) is 32.5 Å². The van der Waals surface area contributed by atoms with Crippen LogP contribution in [0.3, 0.4) is 0 Å². The third kappa shape index (κ3) is 16.1. The van der Waals surface area contributed by atoms with Crippen molar-refractivity contribution in [2.45, 2.75) is 53.4 Å². The summed E-state index contributed by atoms with van der Waals surface area (Å²) < 4.78 is 5.34. The molecule has 0 fully saturated rings. The van der Waals surface area contributed by atoms with Gasteiger partial charge in [0, 0.05) is 19.6 Å². The molecular formula is C12H27NO2. The number of primary amides is 1. The second kappa shape index (κ2) is 13.4. The van der Waals surface area contributed by atoms with Gasteiger partial charge in [-0.25, -0.2) is 0 Å². The lowest BCUT2D eigenvalue weighted by Crippen LogP contribution is -2.12. The van der Waals surface area contributed by atoms with E-state index in [0.29, 0.717) is 12.3 Å². The summed E-state index contributed by atoms with van der Waals surface area (Å²) in [6, 6.07) is 0. The summed E-state index contributed by atoms with van der Waals surface area (Å²) in [4.78, 5) is 10.5. The second-order valence-electron chi connectivity index (χ2n) is 3.51. The Hall–Kier alpha value is -0.570. The van der Waals surface area contributed by atoms with E-state index < -0.39 is 0 Å². The Morgan fingerprint density at radius 2 is 1.87 bits per heavy atom. The van der Waals surface area contributed by atoms with Crippen molar-refractivity contribution in [3.8, 4) is 0 Å². The van der Waals surface area contributed by atoms with Crippen LogP contribution in [-0.4, -0.2) is 19.1 Å². The van der Waals surface area contributed by atoms with Crippen molar-refractivity contribution in [2.24, 2.45) is 11.7 Å². The van der Waals surface area contributed by atoms with Gasteiger partial charge in [-0.15, -0.1) is 0 Å². The fourth-order valence-corrected chi connectivity index (χ4v) is 1.06. The first kappa shape index (κ1) is 16.8. The van der Waals surface area contributed by atoms with Crippen LogP contribution in [0.2, 0.25) is 0 Å². The van der Waals surface area contributed by atoms with E-state index in [1.807, 2.05) is 13.8 Å². The number of carbonyl (C=O) groups is 1. The van der Waals surface area contributed by atoms with Crippen molar-refractivity contribution in [2.75, 3.05) is 13.2 Å². The summed E-state index contributed by atoms with van der Waals surface area (Å²) >= 11 is 0. The summed E-state index contributed by atoms with van der Waals surface area (Å²) in [6.07, 6.45) is 3.46. The smallest absolute Gasteiger partial charge is 0.217 e. The predicted octanol–water partition coefficient (Wildman–Crippen LogP) is 2.73. The Balaban J connectivity index is 0.